The average molecular weight is 1010 g/mol. The molecule has 1 rings (SSSR count). The minimum absolute atomic E-state index is 0. The Balaban J connectivity index is 0. The fourth-order valence-electron chi connectivity index (χ4n) is 9.88. The molecule has 2 atom stereocenters. The Morgan fingerprint density at radius 2 is 0.806 bits per heavy atom. The summed E-state index contributed by atoms with van der Waals surface area (Å²) in [6.07, 6.45) is 40.6. The third kappa shape index (κ3) is 37.6. The van der Waals surface area contributed by atoms with Gasteiger partial charge in [0.05, 0.1) is 41.3 Å². The topological polar surface area (TPSA) is 76.7 Å². The molecule has 1 saturated carbocycles. The molecule has 8 nitrogen and oxygen atoms in total. The zero-order valence-electron chi connectivity index (χ0n) is 42.7. The van der Waals surface area contributed by atoms with Crippen molar-refractivity contribution in [2.45, 2.75) is 240 Å². The predicted molar refractivity (Wildman–Crippen MR) is 258 cm³/mol. The summed E-state index contributed by atoms with van der Waals surface area (Å²) in [5.74, 6) is 0. The number of hydrogen-bond donors (Lipinski definition) is 2. The van der Waals surface area contributed by atoms with E-state index in [1.165, 1.54) is 180 Å². The number of ether oxygens (including phenoxy) is 2. The van der Waals surface area contributed by atoms with Gasteiger partial charge in [0.15, 0.2) is 0 Å². The number of hydrogen-bond acceptors (Lipinski definition) is 4. The van der Waals surface area contributed by atoms with E-state index in [0.717, 1.165) is 54.4 Å². The van der Waals surface area contributed by atoms with Crippen LogP contribution in [0, 0.1) is 10.8 Å². The van der Waals surface area contributed by atoms with Gasteiger partial charge in [-0.1, -0.05) is 189 Å². The van der Waals surface area contributed by atoms with E-state index in [4.69, 9.17) is 9.47 Å². The minimum Gasteiger partial charge on any atom is -1.00 e. The molecule has 0 saturated heterocycles. The number of likely N-dealkylation sites (N-methyl/N-ethyl adjacent to an activating group) is 2. The Bertz CT molecular complexity index is 1060. The summed E-state index contributed by atoms with van der Waals surface area (Å²) in [4.78, 5) is 25.7. The zero-order chi connectivity index (χ0) is 44.4. The number of halogens is 2. The van der Waals surface area contributed by atoms with E-state index in [0.29, 0.717) is 19.8 Å². The Hall–Kier alpha value is -0.580. The lowest BCUT2D eigenvalue weighted by atomic mass is 9.62. The molecule has 0 aromatic carbocycles. The molecule has 0 bridgehead atoms. The van der Waals surface area contributed by atoms with Crippen LogP contribution in [0.25, 0.3) is 0 Å². The number of unbranched alkanes of at least 4 members (excludes halogenated alkanes) is 26. The molecule has 1 aliphatic carbocycles. The molecule has 372 valence electrons. The number of carbonyl (C=O) groups excluding carboxylic acids is 2. The normalized spacial score (nSPS) is 17.5. The van der Waals surface area contributed by atoms with Crippen LogP contribution in [0.5, 0.6) is 0 Å². The lowest BCUT2D eigenvalue weighted by Crippen LogP contribution is -3.00. The molecule has 0 aromatic heterocycles. The van der Waals surface area contributed by atoms with Crippen molar-refractivity contribution in [1.82, 2.24) is 10.6 Å². The number of alkyl carbamates (subject to hydrolysis) is 2. The predicted octanol–water partition coefficient (Wildman–Crippen LogP) is 8.15. The van der Waals surface area contributed by atoms with Gasteiger partial charge < -0.3 is 63.0 Å². The van der Waals surface area contributed by atoms with Crippen LogP contribution in [0.4, 0.5) is 9.59 Å². The van der Waals surface area contributed by atoms with Crippen molar-refractivity contribution in [3.63, 3.8) is 0 Å². The van der Waals surface area contributed by atoms with Crippen LogP contribution >= 0.6 is 0 Å². The Kier molecular flexibility index (Phi) is 39.5. The summed E-state index contributed by atoms with van der Waals surface area (Å²) in [5, 5.41) is 6.26. The second-order valence-electron chi connectivity index (χ2n) is 22.0. The van der Waals surface area contributed by atoms with E-state index in [1.807, 2.05) is 0 Å². The molecule has 2 unspecified atom stereocenters. The van der Waals surface area contributed by atoms with Crippen molar-refractivity contribution in [2.24, 2.45) is 10.8 Å². The molecule has 0 radical (unpaired) electrons. The van der Waals surface area contributed by atoms with Gasteiger partial charge in [-0.2, -0.15) is 0 Å². The highest BCUT2D eigenvalue weighted by atomic mass is 79.9. The maximum atomic E-state index is 12.9. The van der Waals surface area contributed by atoms with Crippen LogP contribution in [-0.2, 0) is 9.47 Å². The van der Waals surface area contributed by atoms with Gasteiger partial charge in [0, 0.05) is 12.6 Å². The van der Waals surface area contributed by atoms with Gasteiger partial charge in [0.1, 0.15) is 26.3 Å². The van der Waals surface area contributed by atoms with E-state index in [1.54, 1.807) is 0 Å². The van der Waals surface area contributed by atoms with E-state index in [9.17, 15) is 9.59 Å². The maximum absolute atomic E-state index is 12.9. The third-order valence-electron chi connectivity index (χ3n) is 13.5. The molecule has 0 aromatic rings. The fourth-order valence-corrected chi connectivity index (χ4v) is 9.88. The molecule has 1 fully saturated rings. The van der Waals surface area contributed by atoms with Crippen LogP contribution in [-0.4, -0.2) is 101 Å². The molecule has 0 spiro atoms. The molecule has 2 N–H and O–H groups in total. The summed E-state index contributed by atoms with van der Waals surface area (Å²) >= 11 is 0. The summed E-state index contributed by atoms with van der Waals surface area (Å²) in [7, 11) is 8.99. The number of amides is 2. The van der Waals surface area contributed by atoms with Gasteiger partial charge in [0.25, 0.3) is 0 Å². The lowest BCUT2D eigenvalue weighted by molar-refractivity contribution is -0.890. The Morgan fingerprint density at radius 1 is 0.484 bits per heavy atom. The van der Waals surface area contributed by atoms with Crippen LogP contribution in [0.1, 0.15) is 234 Å². The maximum Gasteiger partial charge on any atom is 0.407 e. The number of nitrogens with zero attached hydrogens (tertiary/aromatic N) is 2. The summed E-state index contributed by atoms with van der Waals surface area (Å²) in [5.41, 5.74) is -0.105. The molecule has 0 heterocycles. The average Bonchev–Trinajstić information content (AvgIpc) is 3.16. The highest BCUT2D eigenvalue weighted by Gasteiger charge is 2.42. The number of nitrogens with one attached hydrogen (secondary N) is 2. The van der Waals surface area contributed by atoms with Crippen LogP contribution in [0.3, 0.4) is 0 Å². The van der Waals surface area contributed by atoms with Crippen LogP contribution in [0.2, 0.25) is 0 Å². The van der Waals surface area contributed by atoms with Crippen molar-refractivity contribution in [1.29, 1.82) is 0 Å². The third-order valence-corrected chi connectivity index (χ3v) is 13.5. The van der Waals surface area contributed by atoms with Gasteiger partial charge in [-0.3, -0.25) is 0 Å². The smallest absolute Gasteiger partial charge is 0.407 e. The molecule has 0 aliphatic heterocycles. The largest absolute Gasteiger partial charge is 1.00 e. The standard InChI is InChI=1S/C52H104N4O4.2BrH/c1-10-12-14-16-18-20-22-24-26-28-30-32-34-36-38-55(6,7)40-42-59-49(57)53-47-52(5)45-48(44-51(3,4)46-52)54-50(58)60-43-41-56(8,9)39-37-35-33-31-29-27-25-23-21-19-17-15-13-11-2;;/h48H,10-47H2,1-9H3;2*1H. The first kappa shape index (κ1) is 63.5. The van der Waals surface area contributed by atoms with Crippen molar-refractivity contribution < 1.29 is 62.0 Å². The summed E-state index contributed by atoms with van der Waals surface area (Å²) in [6.45, 7) is 16.6. The highest BCUT2D eigenvalue weighted by molar-refractivity contribution is 5.68. The molecule has 10 heteroatoms. The van der Waals surface area contributed by atoms with Crippen LogP contribution in [0.15, 0.2) is 0 Å². The van der Waals surface area contributed by atoms with E-state index in [2.05, 4.69) is 73.4 Å². The lowest BCUT2D eigenvalue weighted by Gasteiger charge is -2.46. The van der Waals surface area contributed by atoms with Gasteiger partial charge in [-0.25, -0.2) is 9.59 Å². The van der Waals surface area contributed by atoms with Crippen molar-refractivity contribution in [2.75, 3.05) is 74.1 Å². The summed E-state index contributed by atoms with van der Waals surface area (Å²) in [6, 6.07) is 0.00937. The zero-order valence-corrected chi connectivity index (χ0v) is 45.9. The molecule has 62 heavy (non-hydrogen) atoms. The fraction of sp³-hybridized carbons (Fsp3) is 0.962. The number of rotatable bonds is 39. The molecular weight excluding hydrogens is 904 g/mol. The minimum atomic E-state index is -0.338. The van der Waals surface area contributed by atoms with Crippen molar-refractivity contribution in [3.8, 4) is 0 Å². The van der Waals surface area contributed by atoms with E-state index in [-0.39, 0.29) is 63.0 Å². The van der Waals surface area contributed by atoms with Gasteiger partial charge in [-0.05, 0) is 55.8 Å². The van der Waals surface area contributed by atoms with Crippen molar-refractivity contribution in [3.05, 3.63) is 0 Å². The second kappa shape index (κ2) is 38.5. The molecule has 1 aliphatic rings. The first-order valence-corrected chi connectivity index (χ1v) is 26.1. The highest BCUT2D eigenvalue weighted by Crippen LogP contribution is 2.45. The van der Waals surface area contributed by atoms with E-state index >= 15 is 0 Å². The second-order valence-corrected chi connectivity index (χ2v) is 22.0. The van der Waals surface area contributed by atoms with Gasteiger partial charge in [-0.15, -0.1) is 0 Å². The Labute approximate surface area is 407 Å². The summed E-state index contributed by atoms with van der Waals surface area (Å²) < 4.78 is 13.1. The number of quaternary nitrogens is 2. The van der Waals surface area contributed by atoms with Gasteiger partial charge >= 0.3 is 12.2 Å². The monoisotopic (exact) mass is 1010 g/mol. The van der Waals surface area contributed by atoms with Gasteiger partial charge in [0.2, 0.25) is 0 Å². The quantitative estimate of drug-likeness (QED) is 0.0482. The first-order valence-electron chi connectivity index (χ1n) is 26.1. The van der Waals surface area contributed by atoms with Crippen molar-refractivity contribution >= 4 is 12.2 Å². The van der Waals surface area contributed by atoms with Crippen LogP contribution < -0.4 is 44.6 Å². The Morgan fingerprint density at radius 3 is 1.16 bits per heavy atom. The molecular formula is C52H106Br2N4O4. The SMILES string of the molecule is CCCCCCCCCCCCCCCC[N+](C)(C)CCOC(=O)NCC1(C)CC(NC(=O)OCC[N+](C)(C)CCCCCCCCCCCCCCCC)CC(C)(C)C1.[Br-].[Br-]. The van der Waals surface area contributed by atoms with E-state index < -0.39 is 0 Å². The number of carbonyl (C=O) groups is 2. The first-order chi connectivity index (χ1) is 28.6. The molecule has 2 amide bonds.